The third kappa shape index (κ3) is 2.53. The van der Waals surface area contributed by atoms with Gasteiger partial charge in [0.2, 0.25) is 10.0 Å². The molecule has 1 saturated carbocycles. The highest BCUT2D eigenvalue weighted by Crippen LogP contribution is 2.35. The first-order chi connectivity index (χ1) is 8.44. The highest BCUT2D eigenvalue weighted by molar-refractivity contribution is 7.99. The van der Waals surface area contributed by atoms with E-state index >= 15 is 0 Å². The van der Waals surface area contributed by atoms with Gasteiger partial charge in [-0.15, -0.1) is 0 Å². The number of thioether (sulfide) groups is 1. The Morgan fingerprint density at radius 2 is 2.11 bits per heavy atom. The molecule has 0 aromatic rings. The van der Waals surface area contributed by atoms with Crippen LogP contribution in [0, 0.1) is 5.92 Å². The Morgan fingerprint density at radius 1 is 1.39 bits per heavy atom. The van der Waals surface area contributed by atoms with E-state index in [1.54, 1.807) is 11.8 Å². The second-order valence-electron chi connectivity index (χ2n) is 4.99. The van der Waals surface area contributed by atoms with E-state index in [0.717, 1.165) is 11.5 Å². The predicted molar refractivity (Wildman–Crippen MR) is 71.2 cm³/mol. The Kier molecular flexibility index (Phi) is 4.23. The van der Waals surface area contributed by atoms with E-state index in [1.165, 1.54) is 4.31 Å². The van der Waals surface area contributed by atoms with Crippen LogP contribution in [0.1, 0.15) is 26.2 Å². The smallest absolute Gasteiger partial charge is 0.307 e. The Morgan fingerprint density at radius 3 is 2.72 bits per heavy atom. The largest absolute Gasteiger partial charge is 0.481 e. The summed E-state index contributed by atoms with van der Waals surface area (Å²) in [4.78, 5) is 11.1. The van der Waals surface area contributed by atoms with Crippen LogP contribution in [0.4, 0.5) is 0 Å². The molecule has 3 unspecified atom stereocenters. The first kappa shape index (κ1) is 14.1. The number of carbonyl (C=O) groups is 1. The minimum Gasteiger partial charge on any atom is -0.481 e. The Hall–Kier alpha value is -0.270. The Labute approximate surface area is 112 Å². The first-order valence-corrected chi connectivity index (χ1v) is 8.91. The summed E-state index contributed by atoms with van der Waals surface area (Å²) in [6.07, 6.45) is 1.66. The van der Waals surface area contributed by atoms with Gasteiger partial charge in [-0.3, -0.25) is 4.79 Å². The summed E-state index contributed by atoms with van der Waals surface area (Å²) in [7, 11) is -3.47. The average molecular weight is 293 g/mol. The summed E-state index contributed by atoms with van der Waals surface area (Å²) >= 11 is 1.75. The zero-order valence-electron chi connectivity index (χ0n) is 10.4. The molecule has 1 saturated heterocycles. The Bertz CT molecular complexity index is 423. The number of carboxylic acid groups (broad SMARTS) is 1. The van der Waals surface area contributed by atoms with Crippen molar-refractivity contribution in [2.75, 3.05) is 18.1 Å². The fraction of sp³-hybridized carbons (Fsp3) is 0.909. The lowest BCUT2D eigenvalue weighted by atomic mass is 10.1. The molecule has 0 aromatic heterocycles. The Balaban J connectivity index is 2.22. The second-order valence-corrected chi connectivity index (χ2v) is 8.25. The van der Waals surface area contributed by atoms with Crippen LogP contribution < -0.4 is 0 Å². The average Bonchev–Trinajstić information content (AvgIpc) is 2.78. The molecule has 0 bridgehead atoms. The van der Waals surface area contributed by atoms with Crippen LogP contribution >= 0.6 is 11.8 Å². The van der Waals surface area contributed by atoms with Gasteiger partial charge in [-0.2, -0.15) is 16.1 Å². The summed E-state index contributed by atoms with van der Waals surface area (Å²) in [6, 6.07) is -0.0243. The van der Waals surface area contributed by atoms with Crippen molar-refractivity contribution in [3.05, 3.63) is 0 Å². The number of aliphatic carboxylic acids is 1. The van der Waals surface area contributed by atoms with Crippen molar-refractivity contribution in [1.82, 2.24) is 4.31 Å². The highest BCUT2D eigenvalue weighted by Gasteiger charge is 2.45. The lowest BCUT2D eigenvalue weighted by Gasteiger charge is -2.34. The van der Waals surface area contributed by atoms with E-state index in [-0.39, 0.29) is 6.04 Å². The van der Waals surface area contributed by atoms with Gasteiger partial charge in [0.25, 0.3) is 0 Å². The van der Waals surface area contributed by atoms with Gasteiger partial charge in [0.15, 0.2) is 0 Å². The van der Waals surface area contributed by atoms with Gasteiger partial charge < -0.3 is 5.11 Å². The number of nitrogens with zero attached hydrogens (tertiary/aromatic N) is 1. The van der Waals surface area contributed by atoms with Crippen LogP contribution in [0.15, 0.2) is 0 Å². The summed E-state index contributed by atoms with van der Waals surface area (Å²) < 4.78 is 26.7. The quantitative estimate of drug-likeness (QED) is 0.840. The van der Waals surface area contributed by atoms with Crippen molar-refractivity contribution in [3.63, 3.8) is 0 Å². The molecule has 1 heterocycles. The maximum absolute atomic E-state index is 12.6. The summed E-state index contributed by atoms with van der Waals surface area (Å²) in [5.74, 6) is -0.102. The molecule has 0 spiro atoms. The molecule has 18 heavy (non-hydrogen) atoms. The van der Waals surface area contributed by atoms with Gasteiger partial charge >= 0.3 is 5.97 Å². The van der Waals surface area contributed by atoms with Crippen molar-refractivity contribution in [2.24, 2.45) is 5.92 Å². The highest BCUT2D eigenvalue weighted by atomic mass is 32.2. The SMILES string of the molecule is CC1CSCCN1S(=O)(=O)C1CCCC1C(=O)O. The minimum atomic E-state index is -3.47. The molecule has 2 aliphatic rings. The number of carboxylic acids is 1. The zero-order chi connectivity index (χ0) is 13.3. The zero-order valence-corrected chi connectivity index (χ0v) is 12.0. The fourth-order valence-electron chi connectivity index (χ4n) is 2.83. The molecule has 0 radical (unpaired) electrons. The normalized spacial score (nSPS) is 34.6. The minimum absolute atomic E-state index is 0.0243. The summed E-state index contributed by atoms with van der Waals surface area (Å²) in [6.45, 7) is 2.41. The van der Waals surface area contributed by atoms with E-state index in [0.29, 0.717) is 25.8 Å². The van der Waals surface area contributed by atoms with Crippen molar-refractivity contribution >= 4 is 27.8 Å². The number of rotatable bonds is 3. The maximum atomic E-state index is 12.6. The summed E-state index contributed by atoms with van der Waals surface area (Å²) in [5, 5.41) is 8.40. The lowest BCUT2D eigenvalue weighted by molar-refractivity contribution is -0.141. The van der Waals surface area contributed by atoms with E-state index in [2.05, 4.69) is 0 Å². The van der Waals surface area contributed by atoms with Gasteiger partial charge in [0.1, 0.15) is 0 Å². The van der Waals surface area contributed by atoms with Crippen LogP contribution in [0.3, 0.4) is 0 Å². The molecular weight excluding hydrogens is 274 g/mol. The number of hydrogen-bond donors (Lipinski definition) is 1. The van der Waals surface area contributed by atoms with Crippen LogP contribution in [-0.2, 0) is 14.8 Å². The van der Waals surface area contributed by atoms with E-state index in [1.807, 2.05) is 6.92 Å². The van der Waals surface area contributed by atoms with E-state index < -0.39 is 27.2 Å². The van der Waals surface area contributed by atoms with E-state index in [4.69, 9.17) is 5.11 Å². The van der Waals surface area contributed by atoms with Crippen molar-refractivity contribution in [3.8, 4) is 0 Å². The standard InChI is InChI=1S/C11H19NO4S2/c1-8-7-17-6-5-12(8)18(15,16)10-4-2-3-9(10)11(13)14/h8-10H,2-7H2,1H3,(H,13,14). The fourth-order valence-corrected chi connectivity index (χ4v) is 6.45. The lowest BCUT2D eigenvalue weighted by Crippen LogP contribution is -2.49. The third-order valence-electron chi connectivity index (χ3n) is 3.79. The van der Waals surface area contributed by atoms with Crippen LogP contribution in [0.25, 0.3) is 0 Å². The second kappa shape index (κ2) is 5.38. The first-order valence-electron chi connectivity index (χ1n) is 6.26. The predicted octanol–water partition coefficient (Wildman–Crippen LogP) is 1.01. The maximum Gasteiger partial charge on any atom is 0.307 e. The molecule has 0 aromatic carbocycles. The van der Waals surface area contributed by atoms with Gasteiger partial charge in [-0.05, 0) is 19.8 Å². The molecule has 0 amide bonds. The van der Waals surface area contributed by atoms with Gasteiger partial charge in [0.05, 0.1) is 11.2 Å². The van der Waals surface area contributed by atoms with Gasteiger partial charge in [-0.25, -0.2) is 8.42 Å². The molecule has 5 nitrogen and oxygen atoms in total. The number of sulfonamides is 1. The monoisotopic (exact) mass is 293 g/mol. The van der Waals surface area contributed by atoms with Gasteiger partial charge in [0, 0.05) is 24.1 Å². The van der Waals surface area contributed by atoms with Crippen LogP contribution in [0.5, 0.6) is 0 Å². The molecule has 1 aliphatic heterocycles. The molecule has 2 fully saturated rings. The molecular formula is C11H19NO4S2. The molecule has 7 heteroatoms. The molecule has 1 N–H and O–H groups in total. The van der Waals surface area contributed by atoms with Crippen LogP contribution in [-0.4, -0.2) is 53.1 Å². The van der Waals surface area contributed by atoms with Crippen molar-refractivity contribution < 1.29 is 18.3 Å². The molecule has 3 atom stereocenters. The summed E-state index contributed by atoms with van der Waals surface area (Å²) in [5.41, 5.74) is 0. The molecule has 1 aliphatic carbocycles. The van der Waals surface area contributed by atoms with Crippen molar-refractivity contribution in [1.29, 1.82) is 0 Å². The molecule has 104 valence electrons. The number of hydrogen-bond acceptors (Lipinski definition) is 4. The molecule has 2 rings (SSSR count). The van der Waals surface area contributed by atoms with Crippen molar-refractivity contribution in [2.45, 2.75) is 37.5 Å². The third-order valence-corrected chi connectivity index (χ3v) is 7.50. The van der Waals surface area contributed by atoms with Gasteiger partial charge in [-0.1, -0.05) is 6.42 Å². The topological polar surface area (TPSA) is 74.7 Å². The van der Waals surface area contributed by atoms with Crippen LogP contribution in [0.2, 0.25) is 0 Å². The van der Waals surface area contributed by atoms with E-state index in [9.17, 15) is 13.2 Å².